The van der Waals surface area contributed by atoms with Gasteiger partial charge in [-0.15, -0.1) is 0 Å². The van der Waals surface area contributed by atoms with Crippen LogP contribution in [0.1, 0.15) is 17.8 Å². The zero-order chi connectivity index (χ0) is 23.7. The number of aryl methyl sites for hydroxylation is 1. The van der Waals surface area contributed by atoms with E-state index in [4.69, 9.17) is 0 Å². The van der Waals surface area contributed by atoms with E-state index in [1.807, 2.05) is 0 Å². The number of hydrogen-bond acceptors (Lipinski definition) is 4. The number of hydrogen-bond donors (Lipinski definition) is 3. The third-order valence-corrected chi connectivity index (χ3v) is 5.60. The number of nitrogens with zero attached hydrogens (tertiary/aromatic N) is 2. The van der Waals surface area contributed by atoms with Crippen LogP contribution in [0.5, 0.6) is 0 Å². The second-order valence-electron chi connectivity index (χ2n) is 7.91. The lowest BCUT2D eigenvalue weighted by Gasteiger charge is -2.10. The molecule has 2 aromatic heterocycles. The summed E-state index contributed by atoms with van der Waals surface area (Å²) in [6.07, 6.45) is 0.362. The third kappa shape index (κ3) is 4.23. The second kappa shape index (κ2) is 8.78. The summed E-state index contributed by atoms with van der Waals surface area (Å²) in [6.45, 7) is 0.112. The summed E-state index contributed by atoms with van der Waals surface area (Å²) in [5.41, 5.74) is 1.99. The Labute approximate surface area is 192 Å². The molecular weight excluding hydrogens is 437 g/mol. The van der Waals surface area contributed by atoms with Gasteiger partial charge in [-0.05, 0) is 42.0 Å². The van der Waals surface area contributed by atoms with E-state index in [1.165, 1.54) is 10.6 Å². The number of nitrogens with one attached hydrogen (secondary N) is 3. The molecule has 0 saturated heterocycles. The standard InChI is InChI=1S/C25H20FN5O3/c26-18-7-3-1-5-15(18)13-22-28-19-10-9-16(14-20(19)29-22)27-23(32)11-12-31-21-8-4-2-6-17(21)24(33)30-25(31)34/h1-10,14H,11-13H2,(H,27,32)(H,28,29)(H,30,33,34). The summed E-state index contributed by atoms with van der Waals surface area (Å²) < 4.78 is 15.3. The number of para-hydroxylation sites is 1. The minimum Gasteiger partial charge on any atom is -0.342 e. The van der Waals surface area contributed by atoms with Crippen molar-refractivity contribution in [1.82, 2.24) is 19.5 Å². The van der Waals surface area contributed by atoms with Gasteiger partial charge in [0.05, 0.1) is 21.9 Å². The number of anilines is 1. The first kappa shape index (κ1) is 21.3. The molecule has 1 amide bonds. The zero-order valence-electron chi connectivity index (χ0n) is 18.0. The van der Waals surface area contributed by atoms with Gasteiger partial charge in [-0.3, -0.25) is 19.1 Å². The maximum absolute atomic E-state index is 13.9. The molecule has 0 unspecified atom stereocenters. The number of H-pyrrole nitrogens is 2. The van der Waals surface area contributed by atoms with Gasteiger partial charge in [0.2, 0.25) is 5.91 Å². The number of carbonyl (C=O) groups excluding carboxylic acids is 1. The van der Waals surface area contributed by atoms with Crippen LogP contribution in [0.3, 0.4) is 0 Å². The fourth-order valence-corrected chi connectivity index (χ4v) is 3.95. The normalized spacial score (nSPS) is 11.2. The van der Waals surface area contributed by atoms with Crippen LogP contribution >= 0.6 is 0 Å². The molecule has 9 heteroatoms. The van der Waals surface area contributed by atoms with E-state index in [-0.39, 0.29) is 24.7 Å². The molecule has 0 bridgehead atoms. The number of halogens is 1. The van der Waals surface area contributed by atoms with Gasteiger partial charge in [0, 0.05) is 25.1 Å². The average molecular weight is 457 g/mol. The predicted molar refractivity (Wildman–Crippen MR) is 127 cm³/mol. The summed E-state index contributed by atoms with van der Waals surface area (Å²) in [6, 6.07) is 18.6. The summed E-state index contributed by atoms with van der Waals surface area (Å²) in [5.74, 6) is 0.0470. The smallest absolute Gasteiger partial charge is 0.328 e. The first-order valence-electron chi connectivity index (χ1n) is 10.7. The fourth-order valence-electron chi connectivity index (χ4n) is 3.95. The Morgan fingerprint density at radius 3 is 2.65 bits per heavy atom. The van der Waals surface area contributed by atoms with Gasteiger partial charge >= 0.3 is 5.69 Å². The van der Waals surface area contributed by atoms with E-state index >= 15 is 0 Å². The van der Waals surface area contributed by atoms with Crippen molar-refractivity contribution in [3.8, 4) is 0 Å². The van der Waals surface area contributed by atoms with Crippen LogP contribution in [0.2, 0.25) is 0 Å². The Bertz CT molecular complexity index is 1650. The Balaban J connectivity index is 1.30. The highest BCUT2D eigenvalue weighted by Gasteiger charge is 2.11. The molecule has 170 valence electrons. The minimum absolute atomic E-state index is 0.0372. The van der Waals surface area contributed by atoms with Crippen molar-refractivity contribution in [3.63, 3.8) is 0 Å². The van der Waals surface area contributed by atoms with Crippen molar-refractivity contribution < 1.29 is 9.18 Å². The minimum atomic E-state index is -0.558. The summed E-state index contributed by atoms with van der Waals surface area (Å²) in [4.78, 5) is 46.7. The topological polar surface area (TPSA) is 113 Å². The van der Waals surface area contributed by atoms with Crippen molar-refractivity contribution in [3.05, 3.63) is 105 Å². The lowest BCUT2D eigenvalue weighted by molar-refractivity contribution is -0.116. The molecule has 0 atom stereocenters. The number of carbonyl (C=O) groups is 1. The predicted octanol–water partition coefficient (Wildman–Crippen LogP) is 3.32. The molecule has 0 aliphatic rings. The monoisotopic (exact) mass is 457 g/mol. The van der Waals surface area contributed by atoms with Crippen LogP contribution in [0.4, 0.5) is 10.1 Å². The van der Waals surface area contributed by atoms with Gasteiger partial charge in [-0.25, -0.2) is 14.2 Å². The van der Waals surface area contributed by atoms with Gasteiger partial charge in [0.1, 0.15) is 11.6 Å². The van der Waals surface area contributed by atoms with E-state index in [1.54, 1.807) is 60.7 Å². The maximum atomic E-state index is 13.9. The van der Waals surface area contributed by atoms with Crippen molar-refractivity contribution in [2.45, 2.75) is 19.4 Å². The molecule has 0 fully saturated rings. The number of benzene rings is 3. The molecule has 3 N–H and O–H groups in total. The van der Waals surface area contributed by atoms with E-state index in [2.05, 4.69) is 20.3 Å². The van der Waals surface area contributed by atoms with Gasteiger partial charge in [0.15, 0.2) is 0 Å². The van der Waals surface area contributed by atoms with Crippen molar-refractivity contribution >= 4 is 33.5 Å². The van der Waals surface area contributed by atoms with Crippen molar-refractivity contribution in [2.24, 2.45) is 0 Å². The molecule has 2 heterocycles. The Morgan fingerprint density at radius 1 is 1.00 bits per heavy atom. The number of fused-ring (bicyclic) bond motifs is 2. The van der Waals surface area contributed by atoms with Crippen LogP contribution in [0.25, 0.3) is 21.9 Å². The summed E-state index contributed by atoms with van der Waals surface area (Å²) >= 11 is 0. The summed E-state index contributed by atoms with van der Waals surface area (Å²) in [5, 5.41) is 3.20. The van der Waals surface area contributed by atoms with E-state index in [0.29, 0.717) is 45.4 Å². The molecular formula is C25H20FN5O3. The van der Waals surface area contributed by atoms with Crippen LogP contribution in [-0.4, -0.2) is 25.4 Å². The first-order valence-corrected chi connectivity index (χ1v) is 10.7. The quantitative estimate of drug-likeness (QED) is 0.363. The van der Waals surface area contributed by atoms with E-state index in [0.717, 1.165) is 0 Å². The molecule has 3 aromatic carbocycles. The molecule has 0 aliphatic heterocycles. The van der Waals surface area contributed by atoms with Gasteiger partial charge in [-0.1, -0.05) is 30.3 Å². The molecule has 34 heavy (non-hydrogen) atoms. The highest BCUT2D eigenvalue weighted by molar-refractivity contribution is 5.93. The molecule has 0 spiro atoms. The highest BCUT2D eigenvalue weighted by atomic mass is 19.1. The van der Waals surface area contributed by atoms with Gasteiger partial charge < -0.3 is 10.3 Å². The number of rotatable bonds is 6. The van der Waals surface area contributed by atoms with Crippen LogP contribution in [0.15, 0.2) is 76.3 Å². The number of amides is 1. The Hall–Kier alpha value is -4.53. The number of aromatic amines is 2. The molecule has 8 nitrogen and oxygen atoms in total. The fraction of sp³-hybridized carbons (Fsp3) is 0.120. The van der Waals surface area contributed by atoms with E-state index in [9.17, 15) is 18.8 Å². The first-order chi connectivity index (χ1) is 16.5. The number of imidazole rings is 1. The maximum Gasteiger partial charge on any atom is 0.328 e. The Morgan fingerprint density at radius 2 is 1.79 bits per heavy atom. The van der Waals surface area contributed by atoms with Crippen molar-refractivity contribution in [2.75, 3.05) is 5.32 Å². The Kier molecular flexibility index (Phi) is 5.51. The molecule has 0 aliphatic carbocycles. The third-order valence-electron chi connectivity index (χ3n) is 5.60. The van der Waals surface area contributed by atoms with Crippen LogP contribution in [0, 0.1) is 5.82 Å². The molecule has 5 rings (SSSR count). The lowest BCUT2D eigenvalue weighted by atomic mass is 10.1. The van der Waals surface area contributed by atoms with Crippen LogP contribution < -0.4 is 16.6 Å². The zero-order valence-corrected chi connectivity index (χ0v) is 18.0. The average Bonchev–Trinajstić information content (AvgIpc) is 3.22. The van der Waals surface area contributed by atoms with E-state index < -0.39 is 11.2 Å². The van der Waals surface area contributed by atoms with Gasteiger partial charge in [0.25, 0.3) is 5.56 Å². The van der Waals surface area contributed by atoms with Crippen LogP contribution in [-0.2, 0) is 17.8 Å². The molecule has 5 aromatic rings. The van der Waals surface area contributed by atoms with Crippen molar-refractivity contribution in [1.29, 1.82) is 0 Å². The summed E-state index contributed by atoms with van der Waals surface area (Å²) in [7, 11) is 0. The number of aromatic nitrogens is 4. The second-order valence-corrected chi connectivity index (χ2v) is 7.91. The molecule has 0 saturated carbocycles. The lowest BCUT2D eigenvalue weighted by Crippen LogP contribution is -2.31. The largest absolute Gasteiger partial charge is 0.342 e. The SMILES string of the molecule is O=C(CCn1c(=O)[nH]c(=O)c2ccccc21)Nc1ccc2nc(Cc3ccccc3F)[nH]c2c1. The highest BCUT2D eigenvalue weighted by Crippen LogP contribution is 2.20. The molecule has 0 radical (unpaired) electrons. The van der Waals surface area contributed by atoms with Gasteiger partial charge in [-0.2, -0.15) is 0 Å².